The summed E-state index contributed by atoms with van der Waals surface area (Å²) in [6.07, 6.45) is 1.10. The van der Waals surface area contributed by atoms with Crippen molar-refractivity contribution in [2.24, 2.45) is 0 Å². The van der Waals surface area contributed by atoms with E-state index in [1.54, 1.807) is 0 Å². The number of likely N-dealkylation sites (N-methyl/N-ethyl adjacent to an activating group) is 1. The van der Waals surface area contributed by atoms with E-state index < -0.39 is 0 Å². The zero-order valence-corrected chi connectivity index (χ0v) is 11.2. The van der Waals surface area contributed by atoms with Crippen molar-refractivity contribution in [1.82, 2.24) is 4.90 Å². The van der Waals surface area contributed by atoms with Crippen molar-refractivity contribution in [3.8, 4) is 0 Å². The molecule has 1 saturated heterocycles. The molecule has 1 aromatic rings. The van der Waals surface area contributed by atoms with Gasteiger partial charge >= 0.3 is 5.97 Å². The molecule has 1 aliphatic rings. The predicted octanol–water partition coefficient (Wildman–Crippen LogP) is 1.90. The average molecular weight is 248 g/mol. The number of carbonyl (C=O) groups is 1. The van der Waals surface area contributed by atoms with Crippen molar-refractivity contribution in [3.63, 3.8) is 0 Å². The third-order valence-electron chi connectivity index (χ3n) is 3.33. The molecule has 0 radical (unpaired) electrons. The Kier molecular flexibility index (Phi) is 3.87. The van der Waals surface area contributed by atoms with Crippen LogP contribution in [0.5, 0.6) is 0 Å². The van der Waals surface area contributed by atoms with Crippen molar-refractivity contribution in [1.29, 1.82) is 0 Å². The first kappa shape index (κ1) is 12.9. The Morgan fingerprint density at radius 1 is 1.50 bits per heavy atom. The van der Waals surface area contributed by atoms with Crippen LogP contribution in [-0.4, -0.2) is 44.2 Å². The van der Waals surface area contributed by atoms with Crippen LogP contribution in [0.15, 0.2) is 18.2 Å². The molecule has 1 atom stereocenters. The van der Waals surface area contributed by atoms with Gasteiger partial charge in [-0.15, -0.1) is 0 Å². The second-order valence-electron chi connectivity index (χ2n) is 4.93. The summed E-state index contributed by atoms with van der Waals surface area (Å²) in [7, 11) is 3.52. The van der Waals surface area contributed by atoms with Crippen LogP contribution in [0.1, 0.15) is 22.3 Å². The van der Waals surface area contributed by atoms with Crippen LogP contribution in [0.4, 0.5) is 5.69 Å². The van der Waals surface area contributed by atoms with Gasteiger partial charge in [0.1, 0.15) is 0 Å². The number of aryl methyl sites for hydroxylation is 1. The molecule has 0 bridgehead atoms. The van der Waals surface area contributed by atoms with Crippen LogP contribution in [0.3, 0.4) is 0 Å². The highest BCUT2D eigenvalue weighted by molar-refractivity contribution is 5.95. The minimum Gasteiger partial charge on any atom is -0.465 e. The molecule has 2 rings (SSSR count). The second kappa shape index (κ2) is 5.40. The van der Waals surface area contributed by atoms with Gasteiger partial charge in [0.2, 0.25) is 0 Å². The van der Waals surface area contributed by atoms with E-state index in [1.165, 1.54) is 7.11 Å². The number of nitrogens with one attached hydrogen (secondary N) is 1. The van der Waals surface area contributed by atoms with Crippen LogP contribution in [-0.2, 0) is 4.74 Å². The number of methoxy groups -OCH3 is 1. The minimum absolute atomic E-state index is 0.285. The summed E-state index contributed by atoms with van der Waals surface area (Å²) in [6.45, 7) is 4.07. The van der Waals surface area contributed by atoms with Gasteiger partial charge in [0, 0.05) is 18.3 Å². The molecule has 1 fully saturated rings. The number of ether oxygens (including phenoxy) is 1. The molecule has 4 nitrogen and oxygen atoms in total. The Balaban J connectivity index is 2.18. The van der Waals surface area contributed by atoms with Crippen LogP contribution in [0.2, 0.25) is 0 Å². The number of hydrogen-bond donors (Lipinski definition) is 1. The largest absolute Gasteiger partial charge is 0.465 e. The summed E-state index contributed by atoms with van der Waals surface area (Å²) in [5, 5.41) is 3.44. The maximum absolute atomic E-state index is 11.8. The lowest BCUT2D eigenvalue weighted by Crippen LogP contribution is -2.24. The summed E-state index contributed by atoms with van der Waals surface area (Å²) in [6, 6.07) is 6.24. The van der Waals surface area contributed by atoms with Gasteiger partial charge in [-0.2, -0.15) is 0 Å². The summed E-state index contributed by atoms with van der Waals surface area (Å²) in [5.74, 6) is -0.285. The first-order valence-electron chi connectivity index (χ1n) is 6.24. The molecule has 0 aliphatic carbocycles. The number of rotatable bonds is 3. The highest BCUT2D eigenvalue weighted by Gasteiger charge is 2.21. The number of benzene rings is 1. The van der Waals surface area contributed by atoms with E-state index in [9.17, 15) is 4.79 Å². The molecule has 0 aromatic heterocycles. The van der Waals surface area contributed by atoms with Crippen molar-refractivity contribution < 1.29 is 9.53 Å². The van der Waals surface area contributed by atoms with Gasteiger partial charge < -0.3 is 15.0 Å². The third-order valence-corrected chi connectivity index (χ3v) is 3.33. The van der Waals surface area contributed by atoms with Gasteiger partial charge in [-0.1, -0.05) is 11.6 Å². The number of likely N-dealkylation sites (tertiary alicyclic amines) is 1. The summed E-state index contributed by atoms with van der Waals surface area (Å²) < 4.78 is 4.83. The van der Waals surface area contributed by atoms with E-state index in [2.05, 4.69) is 17.3 Å². The maximum atomic E-state index is 11.8. The standard InChI is InChI=1S/C14H20N2O2/c1-10-4-5-13(12(8-10)14(17)18-3)15-11-6-7-16(2)9-11/h4-5,8,11,15H,6-7,9H2,1-3H3. The van der Waals surface area contributed by atoms with Gasteiger partial charge in [-0.25, -0.2) is 4.79 Å². The lowest BCUT2D eigenvalue weighted by molar-refractivity contribution is 0.0601. The quantitative estimate of drug-likeness (QED) is 0.830. The molecule has 1 heterocycles. The Morgan fingerprint density at radius 2 is 2.28 bits per heavy atom. The third kappa shape index (κ3) is 2.82. The van der Waals surface area contributed by atoms with Crippen LogP contribution in [0, 0.1) is 6.92 Å². The molecule has 1 aliphatic heterocycles. The lowest BCUT2D eigenvalue weighted by Gasteiger charge is -2.17. The normalized spacial score (nSPS) is 19.8. The Labute approximate surface area is 108 Å². The molecule has 1 aromatic carbocycles. The molecule has 1 N–H and O–H groups in total. The monoisotopic (exact) mass is 248 g/mol. The Hall–Kier alpha value is -1.55. The first-order valence-corrected chi connectivity index (χ1v) is 6.24. The van der Waals surface area contributed by atoms with Crippen LogP contribution in [0.25, 0.3) is 0 Å². The summed E-state index contributed by atoms with van der Waals surface area (Å²) >= 11 is 0. The van der Waals surface area contributed by atoms with Gasteiger partial charge in [-0.05, 0) is 39.1 Å². The van der Waals surface area contributed by atoms with Gasteiger partial charge in [0.15, 0.2) is 0 Å². The second-order valence-corrected chi connectivity index (χ2v) is 4.93. The van der Waals surface area contributed by atoms with Crippen molar-refractivity contribution in [3.05, 3.63) is 29.3 Å². The molecular weight excluding hydrogens is 228 g/mol. The zero-order chi connectivity index (χ0) is 13.1. The Morgan fingerprint density at radius 3 is 2.89 bits per heavy atom. The number of carbonyl (C=O) groups excluding carboxylic acids is 1. The lowest BCUT2D eigenvalue weighted by atomic mass is 10.1. The highest BCUT2D eigenvalue weighted by Crippen LogP contribution is 2.21. The van der Waals surface area contributed by atoms with E-state index in [-0.39, 0.29) is 5.97 Å². The van der Waals surface area contributed by atoms with E-state index in [4.69, 9.17) is 4.74 Å². The first-order chi connectivity index (χ1) is 8.60. The molecule has 18 heavy (non-hydrogen) atoms. The molecule has 1 unspecified atom stereocenters. The van der Waals surface area contributed by atoms with Gasteiger partial charge in [0.05, 0.1) is 12.7 Å². The summed E-state index contributed by atoms with van der Waals surface area (Å²) in [4.78, 5) is 14.0. The number of nitrogens with zero attached hydrogens (tertiary/aromatic N) is 1. The van der Waals surface area contributed by atoms with Crippen LogP contribution < -0.4 is 5.32 Å². The van der Waals surface area contributed by atoms with Crippen molar-refractivity contribution >= 4 is 11.7 Å². The van der Waals surface area contributed by atoms with Crippen molar-refractivity contribution in [2.45, 2.75) is 19.4 Å². The molecule has 0 spiro atoms. The fourth-order valence-corrected chi connectivity index (χ4v) is 2.34. The SMILES string of the molecule is COC(=O)c1cc(C)ccc1NC1CCN(C)C1. The Bertz CT molecular complexity index is 445. The molecule has 0 amide bonds. The minimum atomic E-state index is -0.285. The zero-order valence-electron chi connectivity index (χ0n) is 11.2. The molecule has 4 heteroatoms. The average Bonchev–Trinajstić information content (AvgIpc) is 2.76. The smallest absolute Gasteiger partial charge is 0.339 e. The van der Waals surface area contributed by atoms with E-state index >= 15 is 0 Å². The van der Waals surface area contributed by atoms with Crippen LogP contribution >= 0.6 is 0 Å². The topological polar surface area (TPSA) is 41.6 Å². The van der Waals surface area contributed by atoms with Gasteiger partial charge in [0.25, 0.3) is 0 Å². The maximum Gasteiger partial charge on any atom is 0.339 e. The molecular formula is C14H20N2O2. The van der Waals surface area contributed by atoms with E-state index in [0.29, 0.717) is 11.6 Å². The van der Waals surface area contributed by atoms with E-state index in [1.807, 2.05) is 25.1 Å². The highest BCUT2D eigenvalue weighted by atomic mass is 16.5. The summed E-state index contributed by atoms with van der Waals surface area (Å²) in [5.41, 5.74) is 2.55. The van der Waals surface area contributed by atoms with Crippen molar-refractivity contribution in [2.75, 3.05) is 32.6 Å². The predicted molar refractivity (Wildman–Crippen MR) is 72.0 cm³/mol. The number of hydrogen-bond acceptors (Lipinski definition) is 4. The van der Waals surface area contributed by atoms with Gasteiger partial charge in [-0.3, -0.25) is 0 Å². The van der Waals surface area contributed by atoms with E-state index in [0.717, 1.165) is 30.8 Å². The molecule has 0 saturated carbocycles. The number of esters is 1. The fourth-order valence-electron chi connectivity index (χ4n) is 2.34. The fraction of sp³-hybridized carbons (Fsp3) is 0.500. The molecule has 98 valence electrons. The number of anilines is 1.